The molecule has 0 radical (unpaired) electrons. The molecule has 0 spiro atoms. The molecule has 3 heteroatoms. The summed E-state index contributed by atoms with van der Waals surface area (Å²) < 4.78 is 0. The largest absolute Gasteiger partial charge is 0.315 e. The highest BCUT2D eigenvalue weighted by atomic mass is 16.2. The van der Waals surface area contributed by atoms with Gasteiger partial charge in [0.25, 0.3) is 0 Å². The van der Waals surface area contributed by atoms with E-state index in [4.69, 9.17) is 0 Å². The van der Waals surface area contributed by atoms with E-state index in [0.717, 1.165) is 11.3 Å². The minimum Gasteiger partial charge on any atom is -0.315 e. The van der Waals surface area contributed by atoms with Gasteiger partial charge in [0.15, 0.2) is 0 Å². The fraction of sp³-hybridized carbons (Fsp3) is 0.462. The van der Waals surface area contributed by atoms with Gasteiger partial charge in [0.1, 0.15) is 0 Å². The number of nitrogens with one attached hydrogen (secondary N) is 1. The van der Waals surface area contributed by atoms with E-state index < -0.39 is 0 Å². The van der Waals surface area contributed by atoms with Gasteiger partial charge in [-0.05, 0) is 37.6 Å². The summed E-state index contributed by atoms with van der Waals surface area (Å²) in [6.45, 7) is 4.16. The predicted octanol–water partition coefficient (Wildman–Crippen LogP) is 1.93. The number of aryl methyl sites for hydroxylation is 2. The first-order chi connectivity index (χ1) is 7.56. The summed E-state index contributed by atoms with van der Waals surface area (Å²) in [6, 6.07) is 4.36. The first kappa shape index (κ1) is 11.1. The fourth-order valence-corrected chi connectivity index (χ4v) is 2.49. The Balaban J connectivity index is 2.67. The van der Waals surface area contributed by atoms with E-state index in [1.807, 2.05) is 14.1 Å². The second-order valence-corrected chi connectivity index (χ2v) is 4.46. The van der Waals surface area contributed by atoms with Crippen molar-refractivity contribution < 1.29 is 4.79 Å². The second kappa shape index (κ2) is 3.91. The SMILES string of the molecule is CNC1CC(=O)N(C)c2c(C)ccc(C)c21. The molecule has 1 aromatic rings. The molecule has 1 aromatic carbocycles. The number of anilines is 1. The monoisotopic (exact) mass is 218 g/mol. The average molecular weight is 218 g/mol. The second-order valence-electron chi connectivity index (χ2n) is 4.46. The summed E-state index contributed by atoms with van der Waals surface area (Å²) in [4.78, 5) is 13.7. The Morgan fingerprint density at radius 2 is 1.94 bits per heavy atom. The van der Waals surface area contributed by atoms with Crippen LogP contribution in [-0.2, 0) is 4.79 Å². The highest BCUT2D eigenvalue weighted by Crippen LogP contribution is 2.37. The Hall–Kier alpha value is -1.35. The normalized spacial score (nSPS) is 19.9. The quantitative estimate of drug-likeness (QED) is 0.781. The van der Waals surface area contributed by atoms with Crippen molar-refractivity contribution in [3.63, 3.8) is 0 Å². The minimum atomic E-state index is 0.151. The first-order valence-electron chi connectivity index (χ1n) is 5.60. The zero-order valence-electron chi connectivity index (χ0n) is 10.3. The van der Waals surface area contributed by atoms with Crippen molar-refractivity contribution in [3.8, 4) is 0 Å². The van der Waals surface area contributed by atoms with Crippen molar-refractivity contribution in [2.75, 3.05) is 19.0 Å². The predicted molar refractivity (Wildman–Crippen MR) is 65.7 cm³/mol. The van der Waals surface area contributed by atoms with Crippen molar-refractivity contribution in [2.45, 2.75) is 26.3 Å². The van der Waals surface area contributed by atoms with Crippen LogP contribution in [-0.4, -0.2) is 20.0 Å². The zero-order valence-corrected chi connectivity index (χ0v) is 10.3. The Morgan fingerprint density at radius 1 is 1.31 bits per heavy atom. The molecular formula is C13H18N2O. The van der Waals surface area contributed by atoms with Crippen molar-refractivity contribution in [1.29, 1.82) is 0 Å². The molecule has 0 aromatic heterocycles. The Morgan fingerprint density at radius 3 is 2.56 bits per heavy atom. The van der Waals surface area contributed by atoms with Crippen LogP contribution in [0.2, 0.25) is 0 Å². The molecular weight excluding hydrogens is 200 g/mol. The topological polar surface area (TPSA) is 32.3 Å². The summed E-state index contributed by atoms with van der Waals surface area (Å²) in [5.74, 6) is 0.181. The summed E-state index contributed by atoms with van der Waals surface area (Å²) >= 11 is 0. The molecule has 2 rings (SSSR count). The van der Waals surface area contributed by atoms with Crippen LogP contribution >= 0.6 is 0 Å². The molecule has 1 heterocycles. The maximum atomic E-state index is 11.9. The number of hydrogen-bond acceptors (Lipinski definition) is 2. The van der Waals surface area contributed by atoms with Gasteiger partial charge >= 0.3 is 0 Å². The average Bonchev–Trinajstić information content (AvgIpc) is 2.27. The van der Waals surface area contributed by atoms with Crippen molar-refractivity contribution in [1.82, 2.24) is 5.32 Å². The molecule has 1 amide bonds. The number of benzene rings is 1. The Kier molecular flexibility index (Phi) is 2.72. The summed E-state index contributed by atoms with van der Waals surface area (Å²) in [7, 11) is 3.77. The molecule has 1 N–H and O–H groups in total. The standard InChI is InChI=1S/C13H18N2O/c1-8-5-6-9(2)13-12(8)10(14-3)7-11(16)15(13)4/h5-6,10,14H,7H2,1-4H3. The molecule has 1 aliphatic heterocycles. The molecule has 86 valence electrons. The lowest BCUT2D eigenvalue weighted by molar-refractivity contribution is -0.119. The third-order valence-electron chi connectivity index (χ3n) is 3.42. The summed E-state index contributed by atoms with van der Waals surface area (Å²) in [5.41, 5.74) is 4.76. The van der Waals surface area contributed by atoms with E-state index >= 15 is 0 Å². The molecule has 0 saturated carbocycles. The van der Waals surface area contributed by atoms with Crippen LogP contribution in [0.4, 0.5) is 5.69 Å². The van der Waals surface area contributed by atoms with Crippen LogP contribution in [0, 0.1) is 13.8 Å². The Bertz CT molecular complexity index is 440. The van der Waals surface area contributed by atoms with Crippen molar-refractivity contribution in [2.24, 2.45) is 0 Å². The first-order valence-corrected chi connectivity index (χ1v) is 5.60. The van der Waals surface area contributed by atoms with E-state index in [0.29, 0.717) is 6.42 Å². The van der Waals surface area contributed by atoms with Gasteiger partial charge in [0, 0.05) is 19.5 Å². The lowest BCUT2D eigenvalue weighted by atomic mass is 9.90. The van der Waals surface area contributed by atoms with Crippen LogP contribution in [0.3, 0.4) is 0 Å². The number of carbonyl (C=O) groups excluding carboxylic acids is 1. The fourth-order valence-electron chi connectivity index (χ4n) is 2.49. The van der Waals surface area contributed by atoms with Crippen molar-refractivity contribution in [3.05, 3.63) is 28.8 Å². The number of fused-ring (bicyclic) bond motifs is 1. The maximum absolute atomic E-state index is 11.9. The maximum Gasteiger partial charge on any atom is 0.228 e. The van der Waals surface area contributed by atoms with Gasteiger partial charge in [-0.15, -0.1) is 0 Å². The van der Waals surface area contributed by atoms with Crippen LogP contribution in [0.25, 0.3) is 0 Å². The summed E-state index contributed by atoms with van der Waals surface area (Å²) in [5, 5.41) is 3.23. The highest BCUT2D eigenvalue weighted by molar-refractivity contribution is 5.97. The third-order valence-corrected chi connectivity index (χ3v) is 3.42. The van der Waals surface area contributed by atoms with Gasteiger partial charge < -0.3 is 10.2 Å². The van der Waals surface area contributed by atoms with Gasteiger partial charge in [0.2, 0.25) is 5.91 Å². The van der Waals surface area contributed by atoms with Gasteiger partial charge in [-0.2, -0.15) is 0 Å². The number of carbonyl (C=O) groups is 1. The minimum absolute atomic E-state index is 0.151. The molecule has 1 unspecified atom stereocenters. The smallest absolute Gasteiger partial charge is 0.228 e. The molecule has 0 saturated heterocycles. The highest BCUT2D eigenvalue weighted by Gasteiger charge is 2.30. The van der Waals surface area contributed by atoms with Crippen LogP contribution in [0.5, 0.6) is 0 Å². The van der Waals surface area contributed by atoms with Gasteiger partial charge in [-0.3, -0.25) is 4.79 Å². The molecule has 1 aliphatic rings. The number of nitrogens with zero attached hydrogens (tertiary/aromatic N) is 1. The lowest BCUT2D eigenvalue weighted by Crippen LogP contribution is -2.37. The summed E-state index contributed by atoms with van der Waals surface area (Å²) in [6.07, 6.45) is 0.546. The van der Waals surface area contributed by atoms with Gasteiger partial charge in [-0.25, -0.2) is 0 Å². The van der Waals surface area contributed by atoms with Crippen LogP contribution < -0.4 is 10.2 Å². The number of rotatable bonds is 1. The molecule has 16 heavy (non-hydrogen) atoms. The zero-order chi connectivity index (χ0) is 11.9. The van der Waals surface area contributed by atoms with Gasteiger partial charge in [-0.1, -0.05) is 12.1 Å². The molecule has 3 nitrogen and oxygen atoms in total. The van der Waals surface area contributed by atoms with E-state index in [-0.39, 0.29) is 11.9 Å². The van der Waals surface area contributed by atoms with E-state index in [2.05, 4.69) is 31.3 Å². The van der Waals surface area contributed by atoms with E-state index in [1.54, 1.807) is 4.90 Å². The lowest BCUT2D eigenvalue weighted by Gasteiger charge is -2.34. The van der Waals surface area contributed by atoms with Crippen LogP contribution in [0.1, 0.15) is 29.2 Å². The van der Waals surface area contributed by atoms with Crippen LogP contribution in [0.15, 0.2) is 12.1 Å². The van der Waals surface area contributed by atoms with Gasteiger partial charge in [0.05, 0.1) is 5.69 Å². The van der Waals surface area contributed by atoms with E-state index in [1.165, 1.54) is 11.1 Å². The third kappa shape index (κ3) is 1.52. The molecule has 0 fully saturated rings. The molecule has 1 atom stereocenters. The Labute approximate surface area is 96.5 Å². The number of hydrogen-bond donors (Lipinski definition) is 1. The number of amides is 1. The molecule has 0 bridgehead atoms. The van der Waals surface area contributed by atoms with E-state index in [9.17, 15) is 4.79 Å². The van der Waals surface area contributed by atoms with Crippen molar-refractivity contribution >= 4 is 11.6 Å². The molecule has 0 aliphatic carbocycles.